The number of rotatable bonds is 2. The minimum atomic E-state index is 0.954. The van der Waals surface area contributed by atoms with Crippen molar-refractivity contribution < 1.29 is 0 Å². The van der Waals surface area contributed by atoms with Crippen LogP contribution in [0.1, 0.15) is 5.82 Å². The monoisotopic (exact) mass is 272 g/mol. The van der Waals surface area contributed by atoms with Gasteiger partial charge < -0.3 is 9.47 Å². The summed E-state index contributed by atoms with van der Waals surface area (Å²) < 4.78 is 3.14. The highest BCUT2D eigenvalue weighted by molar-refractivity contribution is 9.10. The zero-order chi connectivity index (χ0) is 10.8. The van der Waals surface area contributed by atoms with Crippen molar-refractivity contribution >= 4 is 15.9 Å². The van der Waals surface area contributed by atoms with Crippen LogP contribution < -0.4 is 0 Å². The van der Waals surface area contributed by atoms with Crippen LogP contribution in [-0.2, 0) is 13.6 Å². The molecule has 0 N–H and O–H groups in total. The first-order valence-corrected chi connectivity index (χ1v) is 6.03. The smallest absolute Gasteiger partial charge is 0.123 e. The molecule has 0 spiro atoms. The van der Waals surface area contributed by atoms with Crippen LogP contribution in [0.2, 0.25) is 0 Å². The molecule has 84 valence electrons. The van der Waals surface area contributed by atoms with Crippen molar-refractivity contribution in [3.05, 3.63) is 16.6 Å². The van der Waals surface area contributed by atoms with Crippen LogP contribution in [0, 0.1) is 0 Å². The van der Waals surface area contributed by atoms with E-state index in [0.29, 0.717) is 0 Å². The van der Waals surface area contributed by atoms with Gasteiger partial charge in [-0.3, -0.25) is 4.90 Å². The van der Waals surface area contributed by atoms with E-state index in [4.69, 9.17) is 0 Å². The summed E-state index contributed by atoms with van der Waals surface area (Å²) in [6.45, 7) is 5.55. The Bertz CT molecular complexity index is 328. The summed E-state index contributed by atoms with van der Waals surface area (Å²) in [4.78, 5) is 9.21. The largest absolute Gasteiger partial charge is 0.325 e. The van der Waals surface area contributed by atoms with Crippen LogP contribution >= 0.6 is 15.9 Å². The molecule has 0 unspecified atom stereocenters. The van der Waals surface area contributed by atoms with E-state index in [9.17, 15) is 0 Å². The second-order valence-corrected chi connectivity index (χ2v) is 4.95. The third-order valence-corrected chi connectivity index (χ3v) is 3.73. The van der Waals surface area contributed by atoms with Gasteiger partial charge in [0.05, 0.1) is 12.7 Å². The Morgan fingerprint density at radius 3 is 2.47 bits per heavy atom. The Morgan fingerprint density at radius 2 is 1.93 bits per heavy atom. The number of nitrogens with zero attached hydrogens (tertiary/aromatic N) is 4. The van der Waals surface area contributed by atoms with Gasteiger partial charge in [-0.05, 0) is 23.0 Å². The highest BCUT2D eigenvalue weighted by Crippen LogP contribution is 2.12. The predicted octanol–water partition coefficient (Wildman–Crippen LogP) is 0.930. The molecule has 1 aromatic rings. The number of halogens is 1. The molecular weight excluding hydrogens is 256 g/mol. The van der Waals surface area contributed by atoms with Crippen molar-refractivity contribution in [1.29, 1.82) is 0 Å². The number of hydrogen-bond acceptors (Lipinski definition) is 3. The van der Waals surface area contributed by atoms with E-state index in [0.717, 1.165) is 43.2 Å². The van der Waals surface area contributed by atoms with E-state index in [1.165, 1.54) is 0 Å². The fraction of sp³-hybridized carbons (Fsp3) is 0.700. The molecule has 2 rings (SSSR count). The Hall–Kier alpha value is -0.390. The van der Waals surface area contributed by atoms with Crippen molar-refractivity contribution in [3.63, 3.8) is 0 Å². The second kappa shape index (κ2) is 4.63. The Kier molecular flexibility index (Phi) is 3.43. The van der Waals surface area contributed by atoms with Crippen molar-refractivity contribution in [1.82, 2.24) is 19.4 Å². The Morgan fingerprint density at radius 1 is 1.27 bits per heavy atom. The Labute approximate surface area is 99.0 Å². The first-order chi connectivity index (χ1) is 7.16. The fourth-order valence-electron chi connectivity index (χ4n) is 1.78. The van der Waals surface area contributed by atoms with Crippen LogP contribution in [-0.4, -0.2) is 52.6 Å². The molecule has 1 saturated heterocycles. The molecule has 5 heteroatoms. The lowest BCUT2D eigenvalue weighted by molar-refractivity contribution is 0.144. The SMILES string of the molecule is CN1CCN(Cc2ncc(Br)n2C)CC1. The molecule has 1 aliphatic heterocycles. The third kappa shape index (κ3) is 2.59. The zero-order valence-corrected chi connectivity index (χ0v) is 10.9. The maximum atomic E-state index is 4.39. The maximum Gasteiger partial charge on any atom is 0.123 e. The summed E-state index contributed by atoms with van der Waals surface area (Å²) in [5.41, 5.74) is 0. The second-order valence-electron chi connectivity index (χ2n) is 4.14. The number of aromatic nitrogens is 2. The minimum Gasteiger partial charge on any atom is -0.325 e. The third-order valence-electron chi connectivity index (χ3n) is 2.99. The molecular formula is C10H17BrN4. The zero-order valence-electron chi connectivity index (χ0n) is 9.28. The molecule has 1 fully saturated rings. The molecule has 2 heterocycles. The van der Waals surface area contributed by atoms with Crippen molar-refractivity contribution in [2.75, 3.05) is 33.2 Å². The summed E-state index contributed by atoms with van der Waals surface area (Å²) in [5.74, 6) is 1.13. The average molecular weight is 273 g/mol. The van der Waals surface area contributed by atoms with Gasteiger partial charge >= 0.3 is 0 Å². The van der Waals surface area contributed by atoms with E-state index in [1.807, 2.05) is 13.2 Å². The van der Waals surface area contributed by atoms with Crippen LogP contribution in [0.5, 0.6) is 0 Å². The van der Waals surface area contributed by atoms with Gasteiger partial charge in [0.15, 0.2) is 0 Å². The number of imidazole rings is 1. The summed E-state index contributed by atoms with van der Waals surface area (Å²) in [5, 5.41) is 0. The Balaban J connectivity index is 1.94. The topological polar surface area (TPSA) is 24.3 Å². The molecule has 0 bridgehead atoms. The predicted molar refractivity (Wildman–Crippen MR) is 63.7 cm³/mol. The molecule has 0 radical (unpaired) electrons. The molecule has 0 amide bonds. The average Bonchev–Trinajstić information content (AvgIpc) is 2.53. The molecule has 0 atom stereocenters. The lowest BCUT2D eigenvalue weighted by atomic mass is 10.3. The van der Waals surface area contributed by atoms with Crippen LogP contribution in [0.25, 0.3) is 0 Å². The van der Waals surface area contributed by atoms with Gasteiger partial charge in [0.25, 0.3) is 0 Å². The van der Waals surface area contributed by atoms with Gasteiger partial charge in [-0.25, -0.2) is 4.98 Å². The number of piperazine rings is 1. The van der Waals surface area contributed by atoms with E-state index < -0.39 is 0 Å². The maximum absolute atomic E-state index is 4.39. The standard InChI is InChI=1S/C10H17BrN4/c1-13-3-5-15(6-4-13)8-10-12-7-9(11)14(10)2/h7H,3-6,8H2,1-2H3. The molecule has 4 nitrogen and oxygen atoms in total. The van der Waals surface area contributed by atoms with Crippen molar-refractivity contribution in [3.8, 4) is 0 Å². The van der Waals surface area contributed by atoms with Crippen molar-refractivity contribution in [2.45, 2.75) is 6.54 Å². The van der Waals surface area contributed by atoms with Crippen LogP contribution in [0.15, 0.2) is 10.8 Å². The number of likely N-dealkylation sites (N-methyl/N-ethyl adjacent to an activating group) is 1. The van der Waals surface area contributed by atoms with E-state index in [-0.39, 0.29) is 0 Å². The lowest BCUT2D eigenvalue weighted by Crippen LogP contribution is -2.44. The summed E-state index contributed by atoms with van der Waals surface area (Å²) >= 11 is 3.46. The molecule has 15 heavy (non-hydrogen) atoms. The van der Waals surface area contributed by atoms with Gasteiger partial charge in [-0.2, -0.15) is 0 Å². The summed E-state index contributed by atoms with van der Waals surface area (Å²) in [6.07, 6.45) is 1.87. The fourth-order valence-corrected chi connectivity index (χ4v) is 2.08. The molecule has 1 aromatic heterocycles. The van der Waals surface area contributed by atoms with E-state index in [2.05, 4.69) is 42.3 Å². The van der Waals surface area contributed by atoms with Gasteiger partial charge in [0.1, 0.15) is 10.4 Å². The van der Waals surface area contributed by atoms with Crippen LogP contribution in [0.4, 0.5) is 0 Å². The van der Waals surface area contributed by atoms with Gasteiger partial charge in [0.2, 0.25) is 0 Å². The van der Waals surface area contributed by atoms with E-state index in [1.54, 1.807) is 0 Å². The van der Waals surface area contributed by atoms with Crippen LogP contribution in [0.3, 0.4) is 0 Å². The van der Waals surface area contributed by atoms with Crippen molar-refractivity contribution in [2.24, 2.45) is 7.05 Å². The lowest BCUT2D eigenvalue weighted by Gasteiger charge is -2.31. The highest BCUT2D eigenvalue weighted by atomic mass is 79.9. The van der Waals surface area contributed by atoms with E-state index >= 15 is 0 Å². The first kappa shape index (κ1) is 11.1. The van der Waals surface area contributed by atoms with Gasteiger partial charge in [-0.15, -0.1) is 0 Å². The van der Waals surface area contributed by atoms with Gasteiger partial charge in [-0.1, -0.05) is 0 Å². The van der Waals surface area contributed by atoms with Gasteiger partial charge in [0, 0.05) is 33.2 Å². The summed E-state index contributed by atoms with van der Waals surface area (Å²) in [7, 11) is 4.22. The number of hydrogen-bond donors (Lipinski definition) is 0. The first-order valence-electron chi connectivity index (χ1n) is 5.24. The molecule has 1 aliphatic rings. The molecule has 0 aromatic carbocycles. The minimum absolute atomic E-state index is 0.954. The normalized spacial score (nSPS) is 19.7. The highest BCUT2D eigenvalue weighted by Gasteiger charge is 2.15. The quantitative estimate of drug-likeness (QED) is 0.801. The molecule has 0 saturated carbocycles. The molecule has 0 aliphatic carbocycles. The summed E-state index contributed by atoms with van der Waals surface area (Å²) in [6, 6.07) is 0.